The highest BCUT2D eigenvalue weighted by Gasteiger charge is 2.13. The third-order valence-corrected chi connectivity index (χ3v) is 5.31. The van der Waals surface area contributed by atoms with Crippen LogP contribution in [0.2, 0.25) is 0 Å². The van der Waals surface area contributed by atoms with Crippen LogP contribution in [-0.4, -0.2) is 28.1 Å². The lowest BCUT2D eigenvalue weighted by molar-refractivity contribution is 0.580. The average molecular weight is 357 g/mol. The number of nitriles is 1. The zero-order valence-corrected chi connectivity index (χ0v) is 15.4. The summed E-state index contributed by atoms with van der Waals surface area (Å²) in [5, 5.41) is 8.90. The standard InChI is InChI=1S/C19H23N3O2S/c1-3-22(19-10-5-4-7-16(19)2)12-11-21-25(23,24)15-18-9-6-8-17(13-18)14-20/h4-10,13,21H,3,11-12,15H2,1-2H3. The Morgan fingerprint density at radius 2 is 1.92 bits per heavy atom. The van der Waals surface area contributed by atoms with Gasteiger partial charge in [0, 0.05) is 25.3 Å². The van der Waals surface area contributed by atoms with Crippen molar-refractivity contribution in [2.75, 3.05) is 24.5 Å². The maximum atomic E-state index is 12.3. The number of benzene rings is 2. The Balaban J connectivity index is 1.95. The van der Waals surface area contributed by atoms with Gasteiger partial charge < -0.3 is 4.90 Å². The maximum absolute atomic E-state index is 12.3. The van der Waals surface area contributed by atoms with Crippen LogP contribution in [0.15, 0.2) is 48.5 Å². The van der Waals surface area contributed by atoms with Gasteiger partial charge in [0.05, 0.1) is 17.4 Å². The summed E-state index contributed by atoms with van der Waals surface area (Å²) in [5.74, 6) is -0.126. The topological polar surface area (TPSA) is 73.2 Å². The van der Waals surface area contributed by atoms with Gasteiger partial charge in [-0.25, -0.2) is 13.1 Å². The van der Waals surface area contributed by atoms with E-state index in [-0.39, 0.29) is 5.75 Å². The van der Waals surface area contributed by atoms with E-state index in [1.165, 1.54) is 5.56 Å². The SMILES string of the molecule is CCN(CCNS(=O)(=O)Cc1cccc(C#N)c1)c1ccccc1C. The first-order valence-corrected chi connectivity index (χ1v) is 9.87. The lowest BCUT2D eigenvalue weighted by Gasteiger charge is -2.25. The highest BCUT2D eigenvalue weighted by atomic mass is 32.2. The van der Waals surface area contributed by atoms with Crippen molar-refractivity contribution in [2.24, 2.45) is 0 Å². The van der Waals surface area contributed by atoms with E-state index < -0.39 is 10.0 Å². The van der Waals surface area contributed by atoms with Crippen LogP contribution < -0.4 is 9.62 Å². The monoisotopic (exact) mass is 357 g/mol. The maximum Gasteiger partial charge on any atom is 0.215 e. The second-order valence-electron chi connectivity index (χ2n) is 5.83. The number of rotatable bonds is 8. The summed E-state index contributed by atoms with van der Waals surface area (Å²) in [7, 11) is -3.44. The molecule has 0 heterocycles. The molecule has 0 aliphatic rings. The summed E-state index contributed by atoms with van der Waals surface area (Å²) in [4.78, 5) is 2.15. The molecule has 0 amide bonds. The van der Waals surface area contributed by atoms with Gasteiger partial charge >= 0.3 is 0 Å². The third kappa shape index (κ3) is 5.59. The van der Waals surface area contributed by atoms with Gasteiger partial charge in [0.2, 0.25) is 10.0 Å². The van der Waals surface area contributed by atoms with Crippen LogP contribution in [0.3, 0.4) is 0 Å². The number of para-hydroxylation sites is 1. The fourth-order valence-electron chi connectivity index (χ4n) is 2.70. The summed E-state index contributed by atoms with van der Waals surface area (Å²) in [6, 6.07) is 16.8. The summed E-state index contributed by atoms with van der Waals surface area (Å²) >= 11 is 0. The minimum Gasteiger partial charge on any atom is -0.370 e. The van der Waals surface area contributed by atoms with Crippen molar-refractivity contribution < 1.29 is 8.42 Å². The van der Waals surface area contributed by atoms with E-state index in [1.54, 1.807) is 24.3 Å². The van der Waals surface area contributed by atoms with Crippen LogP contribution >= 0.6 is 0 Å². The normalized spacial score (nSPS) is 11.1. The van der Waals surface area contributed by atoms with Crippen molar-refractivity contribution in [3.8, 4) is 6.07 Å². The van der Waals surface area contributed by atoms with E-state index in [9.17, 15) is 8.42 Å². The Labute approximate surface area is 150 Å². The summed E-state index contributed by atoms with van der Waals surface area (Å²) in [6.45, 7) is 5.83. The second-order valence-corrected chi connectivity index (χ2v) is 7.64. The van der Waals surface area contributed by atoms with Gasteiger partial charge in [-0.1, -0.05) is 30.3 Å². The zero-order valence-electron chi connectivity index (χ0n) is 14.6. The van der Waals surface area contributed by atoms with Gasteiger partial charge in [0.1, 0.15) is 0 Å². The quantitative estimate of drug-likeness (QED) is 0.788. The van der Waals surface area contributed by atoms with Crippen molar-refractivity contribution in [1.82, 2.24) is 4.72 Å². The van der Waals surface area contributed by atoms with Crippen LogP contribution in [0.5, 0.6) is 0 Å². The first-order chi connectivity index (χ1) is 11.9. The van der Waals surface area contributed by atoms with Crippen LogP contribution in [-0.2, 0) is 15.8 Å². The van der Waals surface area contributed by atoms with Crippen LogP contribution in [0.4, 0.5) is 5.69 Å². The highest BCUT2D eigenvalue weighted by Crippen LogP contribution is 2.18. The number of aryl methyl sites for hydroxylation is 1. The number of anilines is 1. The molecule has 0 saturated heterocycles. The summed E-state index contributed by atoms with van der Waals surface area (Å²) in [5.41, 5.74) is 3.36. The largest absolute Gasteiger partial charge is 0.370 e. The molecule has 2 aromatic rings. The Bertz CT molecular complexity index is 857. The van der Waals surface area contributed by atoms with Crippen molar-refractivity contribution in [3.63, 3.8) is 0 Å². The van der Waals surface area contributed by atoms with E-state index in [4.69, 9.17) is 5.26 Å². The molecule has 0 aromatic heterocycles. The van der Waals surface area contributed by atoms with E-state index in [0.717, 1.165) is 12.2 Å². The third-order valence-electron chi connectivity index (χ3n) is 3.95. The Morgan fingerprint density at radius 3 is 2.60 bits per heavy atom. The van der Waals surface area contributed by atoms with E-state index in [0.29, 0.717) is 24.2 Å². The van der Waals surface area contributed by atoms with Crippen molar-refractivity contribution in [1.29, 1.82) is 5.26 Å². The van der Waals surface area contributed by atoms with Gasteiger partial charge in [0.25, 0.3) is 0 Å². The molecule has 1 N–H and O–H groups in total. The molecule has 0 radical (unpaired) electrons. The van der Waals surface area contributed by atoms with Gasteiger partial charge in [0.15, 0.2) is 0 Å². The first-order valence-electron chi connectivity index (χ1n) is 8.22. The Kier molecular flexibility index (Phi) is 6.57. The van der Waals surface area contributed by atoms with Gasteiger partial charge in [-0.15, -0.1) is 0 Å². The van der Waals surface area contributed by atoms with Crippen molar-refractivity contribution in [2.45, 2.75) is 19.6 Å². The molecule has 0 fully saturated rings. The number of nitrogens with one attached hydrogen (secondary N) is 1. The number of sulfonamides is 1. The molecule has 0 atom stereocenters. The van der Waals surface area contributed by atoms with Crippen LogP contribution in [0.25, 0.3) is 0 Å². The molecule has 0 spiro atoms. The minimum absolute atomic E-state index is 0.126. The molecule has 25 heavy (non-hydrogen) atoms. The van der Waals surface area contributed by atoms with Crippen LogP contribution in [0.1, 0.15) is 23.6 Å². The smallest absolute Gasteiger partial charge is 0.215 e. The Hall–Kier alpha value is -2.36. The molecule has 6 heteroatoms. The average Bonchev–Trinajstić information content (AvgIpc) is 2.59. The number of nitrogens with zero attached hydrogens (tertiary/aromatic N) is 2. The number of hydrogen-bond acceptors (Lipinski definition) is 4. The predicted octanol–water partition coefficient (Wildman–Crippen LogP) is 2.81. The minimum atomic E-state index is -3.44. The molecule has 5 nitrogen and oxygen atoms in total. The fraction of sp³-hybridized carbons (Fsp3) is 0.316. The van der Waals surface area contributed by atoms with Crippen molar-refractivity contribution >= 4 is 15.7 Å². The molecule has 132 valence electrons. The Morgan fingerprint density at radius 1 is 1.16 bits per heavy atom. The van der Waals surface area contributed by atoms with Crippen LogP contribution in [0, 0.1) is 18.3 Å². The molecule has 0 aliphatic carbocycles. The van der Waals surface area contributed by atoms with Crippen molar-refractivity contribution in [3.05, 3.63) is 65.2 Å². The molecular weight excluding hydrogens is 334 g/mol. The van der Waals surface area contributed by atoms with E-state index in [1.807, 2.05) is 44.2 Å². The molecule has 2 rings (SSSR count). The molecular formula is C19H23N3O2S. The second kappa shape index (κ2) is 8.65. The van der Waals surface area contributed by atoms with Gasteiger partial charge in [-0.05, 0) is 43.2 Å². The fourth-order valence-corrected chi connectivity index (χ4v) is 3.83. The number of hydrogen-bond donors (Lipinski definition) is 1. The predicted molar refractivity (Wildman–Crippen MR) is 101 cm³/mol. The van der Waals surface area contributed by atoms with Gasteiger partial charge in [-0.2, -0.15) is 5.26 Å². The lowest BCUT2D eigenvalue weighted by atomic mass is 10.2. The molecule has 0 aliphatic heterocycles. The lowest BCUT2D eigenvalue weighted by Crippen LogP contribution is -2.35. The molecule has 0 saturated carbocycles. The van der Waals surface area contributed by atoms with E-state index in [2.05, 4.69) is 9.62 Å². The molecule has 0 unspecified atom stereocenters. The molecule has 0 bridgehead atoms. The first kappa shape index (κ1) is 19.0. The number of likely N-dealkylation sites (N-methyl/N-ethyl adjacent to an activating group) is 1. The summed E-state index contributed by atoms with van der Waals surface area (Å²) < 4.78 is 27.2. The molecule has 2 aromatic carbocycles. The highest BCUT2D eigenvalue weighted by molar-refractivity contribution is 7.88. The van der Waals surface area contributed by atoms with E-state index >= 15 is 0 Å². The van der Waals surface area contributed by atoms with Gasteiger partial charge in [-0.3, -0.25) is 0 Å². The zero-order chi connectivity index (χ0) is 18.3. The summed E-state index contributed by atoms with van der Waals surface area (Å²) in [6.07, 6.45) is 0.